The van der Waals surface area contributed by atoms with Crippen molar-refractivity contribution in [1.82, 2.24) is 10.9 Å². The predicted molar refractivity (Wildman–Crippen MR) is 204 cm³/mol. The van der Waals surface area contributed by atoms with Crippen LogP contribution < -0.4 is 20.3 Å². The molecule has 0 unspecified atom stereocenters. The lowest BCUT2D eigenvalue weighted by Gasteiger charge is -2.31. The number of hydrogen-bond donors (Lipinski definition) is 3. The molecule has 0 spiro atoms. The third-order valence-corrected chi connectivity index (χ3v) is 9.54. The lowest BCUT2D eigenvalue weighted by atomic mass is 9.82. The Kier molecular flexibility index (Phi) is 12.2. The first-order valence-corrected chi connectivity index (χ1v) is 18.0. The van der Waals surface area contributed by atoms with Crippen LogP contribution in [0, 0.1) is 0 Å². The number of aliphatic hydroxyl groups excluding tert-OH is 1. The van der Waals surface area contributed by atoms with E-state index in [-0.39, 0.29) is 18.9 Å². The number of benzene rings is 5. The zero-order valence-corrected chi connectivity index (χ0v) is 30.1. The van der Waals surface area contributed by atoms with Crippen molar-refractivity contribution >= 4 is 27.7 Å². The molecule has 0 fully saturated rings. The van der Waals surface area contributed by atoms with Gasteiger partial charge in [0.05, 0.1) is 13.2 Å². The van der Waals surface area contributed by atoms with Crippen LogP contribution >= 0.6 is 15.9 Å². The van der Waals surface area contributed by atoms with E-state index in [0.29, 0.717) is 44.2 Å². The van der Waals surface area contributed by atoms with Crippen molar-refractivity contribution in [2.45, 2.75) is 37.8 Å². The van der Waals surface area contributed by atoms with Crippen molar-refractivity contribution < 1.29 is 24.1 Å². The summed E-state index contributed by atoms with van der Waals surface area (Å²) in [7, 11) is 0. The number of nitrogens with zero attached hydrogens (tertiary/aromatic N) is 1. The van der Waals surface area contributed by atoms with E-state index in [1.54, 1.807) is 0 Å². The first-order valence-electron chi connectivity index (χ1n) is 17.2. The molecule has 0 saturated carbocycles. The predicted octanol–water partition coefficient (Wildman–Crippen LogP) is 7.64. The molecule has 51 heavy (non-hydrogen) atoms. The SMILES string of the molecule is CCOc1ccccc1CCNNC(=O)[C@@]1(Cc2ccccc2Br)N=C(c2ccc(OCCCO)cc2)O[C@H]1c1ccc(-c2ccccc2)cc1. The molecule has 1 aliphatic rings. The third kappa shape index (κ3) is 8.68. The molecule has 1 heterocycles. The van der Waals surface area contributed by atoms with Gasteiger partial charge in [0.15, 0.2) is 11.6 Å². The van der Waals surface area contributed by atoms with Crippen LogP contribution in [0.3, 0.4) is 0 Å². The van der Waals surface area contributed by atoms with Gasteiger partial charge in [0.1, 0.15) is 11.5 Å². The number of hydrazine groups is 1. The fourth-order valence-electron chi connectivity index (χ4n) is 6.15. The van der Waals surface area contributed by atoms with Crippen molar-refractivity contribution in [2.75, 3.05) is 26.4 Å². The van der Waals surface area contributed by atoms with E-state index in [0.717, 1.165) is 43.6 Å². The number of carbonyl (C=O) groups is 1. The first kappa shape index (κ1) is 35.9. The molecule has 9 heteroatoms. The summed E-state index contributed by atoms with van der Waals surface area (Å²) in [6, 6.07) is 41.6. The summed E-state index contributed by atoms with van der Waals surface area (Å²) in [5.41, 5.74) is 10.5. The zero-order chi connectivity index (χ0) is 35.5. The fraction of sp³-hybridized carbons (Fsp3) is 0.238. The van der Waals surface area contributed by atoms with Crippen molar-refractivity contribution in [1.29, 1.82) is 0 Å². The molecule has 0 aliphatic carbocycles. The lowest BCUT2D eigenvalue weighted by Crippen LogP contribution is -2.54. The van der Waals surface area contributed by atoms with E-state index in [9.17, 15) is 4.79 Å². The average Bonchev–Trinajstić information content (AvgIpc) is 3.56. The molecular formula is C42H42BrN3O5. The number of carbonyl (C=O) groups excluding carboxylic acids is 1. The maximum Gasteiger partial charge on any atom is 0.266 e. The van der Waals surface area contributed by atoms with Crippen LogP contribution in [-0.2, 0) is 22.4 Å². The summed E-state index contributed by atoms with van der Waals surface area (Å²) >= 11 is 3.71. The van der Waals surface area contributed by atoms with Gasteiger partial charge in [0.2, 0.25) is 5.90 Å². The molecule has 0 aromatic heterocycles. The van der Waals surface area contributed by atoms with Gasteiger partial charge < -0.3 is 19.3 Å². The quantitative estimate of drug-likeness (QED) is 0.0709. The Bertz CT molecular complexity index is 1920. The minimum Gasteiger partial charge on any atom is -0.494 e. The summed E-state index contributed by atoms with van der Waals surface area (Å²) in [5.74, 6) is 1.56. The highest BCUT2D eigenvalue weighted by Crippen LogP contribution is 2.43. The second kappa shape index (κ2) is 17.3. The number of halogens is 1. The van der Waals surface area contributed by atoms with Crippen LogP contribution in [-0.4, -0.2) is 48.8 Å². The molecule has 6 rings (SSSR count). The Morgan fingerprint density at radius 2 is 1.49 bits per heavy atom. The van der Waals surface area contributed by atoms with E-state index >= 15 is 0 Å². The topological polar surface area (TPSA) is 101 Å². The van der Waals surface area contributed by atoms with Gasteiger partial charge in [0.25, 0.3) is 5.91 Å². The van der Waals surface area contributed by atoms with Gasteiger partial charge in [-0.3, -0.25) is 10.2 Å². The molecule has 0 radical (unpaired) electrons. The number of aliphatic hydroxyl groups is 1. The number of nitrogens with one attached hydrogen (secondary N) is 2. The molecule has 1 aliphatic heterocycles. The number of para-hydroxylation sites is 1. The van der Waals surface area contributed by atoms with Gasteiger partial charge in [-0.25, -0.2) is 10.4 Å². The normalized spacial score (nSPS) is 16.6. The van der Waals surface area contributed by atoms with E-state index in [2.05, 4.69) is 51.0 Å². The van der Waals surface area contributed by atoms with Gasteiger partial charge in [-0.1, -0.05) is 107 Å². The van der Waals surface area contributed by atoms with Crippen molar-refractivity contribution in [3.05, 3.63) is 154 Å². The van der Waals surface area contributed by atoms with Gasteiger partial charge in [-0.2, -0.15) is 0 Å². The Balaban J connectivity index is 1.34. The average molecular weight is 749 g/mol. The van der Waals surface area contributed by atoms with Crippen LogP contribution in [0.1, 0.15) is 41.7 Å². The van der Waals surface area contributed by atoms with Crippen LogP contribution in [0.4, 0.5) is 0 Å². The monoisotopic (exact) mass is 747 g/mol. The highest BCUT2D eigenvalue weighted by Gasteiger charge is 2.53. The fourth-order valence-corrected chi connectivity index (χ4v) is 6.58. The zero-order valence-electron chi connectivity index (χ0n) is 28.6. The molecule has 3 N–H and O–H groups in total. The van der Waals surface area contributed by atoms with Crippen LogP contribution in [0.25, 0.3) is 11.1 Å². The minimum atomic E-state index is -1.38. The van der Waals surface area contributed by atoms with E-state index in [4.69, 9.17) is 24.3 Å². The van der Waals surface area contributed by atoms with Gasteiger partial charge in [-0.15, -0.1) is 0 Å². The van der Waals surface area contributed by atoms with Crippen LogP contribution in [0.5, 0.6) is 11.5 Å². The van der Waals surface area contributed by atoms with Crippen LogP contribution in [0.2, 0.25) is 0 Å². The lowest BCUT2D eigenvalue weighted by molar-refractivity contribution is -0.130. The molecule has 1 amide bonds. The first-order chi connectivity index (χ1) is 25.0. The highest BCUT2D eigenvalue weighted by atomic mass is 79.9. The maximum absolute atomic E-state index is 14.7. The molecule has 2 atom stereocenters. The molecule has 8 nitrogen and oxygen atoms in total. The molecule has 0 saturated heterocycles. The second-order valence-electron chi connectivity index (χ2n) is 12.2. The summed E-state index contributed by atoms with van der Waals surface area (Å²) in [5, 5.41) is 9.13. The molecule has 5 aromatic carbocycles. The van der Waals surface area contributed by atoms with E-state index in [1.165, 1.54) is 0 Å². The molecule has 262 valence electrons. The highest BCUT2D eigenvalue weighted by molar-refractivity contribution is 9.10. The number of rotatable bonds is 16. The van der Waals surface area contributed by atoms with Crippen LogP contribution in [0.15, 0.2) is 137 Å². The summed E-state index contributed by atoms with van der Waals surface area (Å²) < 4.78 is 19.2. The van der Waals surface area contributed by atoms with E-state index < -0.39 is 11.6 Å². The standard InChI is InChI=1S/C42H42BrN3O5/c1-2-49-38-16-9-7-13-32(38)25-26-44-46-41(48)42(29-35-14-6-8-15-37(35)43)39(33-19-17-31(18-20-33)30-11-4-3-5-12-30)51-40(45-42)34-21-23-36(24-22-34)50-28-10-27-47/h3-9,11-24,39,44,47H,2,10,25-29H2,1H3,(H,46,48)/t39-,42-/m0/s1. The molecule has 5 aromatic rings. The second-order valence-corrected chi connectivity index (χ2v) is 13.1. The van der Waals surface area contributed by atoms with Crippen molar-refractivity contribution in [3.8, 4) is 22.6 Å². The third-order valence-electron chi connectivity index (χ3n) is 8.76. The number of hydrogen-bond acceptors (Lipinski definition) is 7. The number of amides is 1. The molecule has 0 bridgehead atoms. The summed E-state index contributed by atoms with van der Waals surface area (Å²) in [6.07, 6.45) is 0.717. The maximum atomic E-state index is 14.7. The Labute approximate surface area is 307 Å². The Morgan fingerprint density at radius 3 is 2.22 bits per heavy atom. The van der Waals surface area contributed by atoms with Gasteiger partial charge in [0, 0.05) is 36.0 Å². The number of aliphatic imine (C=N–C) groups is 1. The largest absolute Gasteiger partial charge is 0.494 e. The van der Waals surface area contributed by atoms with Crippen molar-refractivity contribution in [3.63, 3.8) is 0 Å². The van der Waals surface area contributed by atoms with Gasteiger partial charge >= 0.3 is 0 Å². The smallest absolute Gasteiger partial charge is 0.266 e. The van der Waals surface area contributed by atoms with E-state index in [1.807, 2.05) is 110 Å². The summed E-state index contributed by atoms with van der Waals surface area (Å²) in [6.45, 7) is 3.49. The number of ether oxygens (including phenoxy) is 3. The Morgan fingerprint density at radius 1 is 0.824 bits per heavy atom. The van der Waals surface area contributed by atoms with Crippen molar-refractivity contribution in [2.24, 2.45) is 4.99 Å². The molecular weight excluding hydrogens is 706 g/mol. The summed E-state index contributed by atoms with van der Waals surface area (Å²) in [4.78, 5) is 19.8. The minimum absolute atomic E-state index is 0.0630. The van der Waals surface area contributed by atoms with Gasteiger partial charge in [-0.05, 0) is 77.6 Å². The Hall–Kier alpha value is -4.96.